The van der Waals surface area contributed by atoms with E-state index in [1.165, 1.54) is 6.92 Å². The van der Waals surface area contributed by atoms with Crippen LogP contribution in [0.5, 0.6) is 0 Å². The van der Waals surface area contributed by atoms with Crippen molar-refractivity contribution in [2.45, 2.75) is 222 Å². The molecule has 71 heavy (non-hydrogen) atoms. The molecule has 23 heteroatoms. The third-order valence-electron chi connectivity index (χ3n) is 19.7. The lowest BCUT2D eigenvalue weighted by molar-refractivity contribution is -0.395. The molecule has 9 rings (SSSR count). The fourth-order valence-corrected chi connectivity index (χ4v) is 17.0. The zero-order chi connectivity index (χ0) is 51.9. The lowest BCUT2D eigenvalue weighted by atomic mass is 9.35. The quantitative estimate of drug-likeness (QED) is 0.0644. The molecule has 9 aliphatic rings. The highest BCUT2D eigenvalue weighted by atomic mass is 32.3. The zero-order valence-electron chi connectivity index (χ0n) is 41.5. The Kier molecular flexibility index (Phi) is 14.5. The number of ether oxygens (including phenoxy) is 8. The third-order valence-corrected chi connectivity index (χ3v) is 20.3. The minimum Gasteiger partial charge on any atom is -0.394 e. The lowest BCUT2D eigenvalue weighted by Crippen LogP contribution is -2.69. The number of hydrogen-bond acceptors (Lipinski definition) is 21. The van der Waals surface area contributed by atoms with Gasteiger partial charge in [-0.25, -0.2) is 4.18 Å². The van der Waals surface area contributed by atoms with Crippen molar-refractivity contribution in [2.75, 3.05) is 19.8 Å². The van der Waals surface area contributed by atoms with E-state index in [1.807, 2.05) is 0 Å². The first-order valence-electron chi connectivity index (χ1n) is 25.3. The molecule has 9 fully saturated rings. The Balaban J connectivity index is 0.989. The predicted molar refractivity (Wildman–Crippen MR) is 241 cm³/mol. The maximum atomic E-state index is 12.6. The molecule has 5 saturated heterocycles. The Morgan fingerprint density at radius 1 is 0.732 bits per heavy atom. The van der Waals surface area contributed by atoms with Crippen molar-refractivity contribution in [1.29, 1.82) is 0 Å². The summed E-state index contributed by atoms with van der Waals surface area (Å²) in [5.41, 5.74) is -2.75. The normalized spacial score (nSPS) is 55.1. The number of aliphatic hydroxyl groups excluding tert-OH is 10. The summed E-state index contributed by atoms with van der Waals surface area (Å²) in [6.07, 6.45) is -22.1. The van der Waals surface area contributed by atoms with Crippen LogP contribution in [0.3, 0.4) is 0 Å². The van der Waals surface area contributed by atoms with Crippen LogP contribution < -0.4 is 0 Å². The summed E-state index contributed by atoms with van der Waals surface area (Å²) < 4.78 is 91.4. The first-order valence-corrected chi connectivity index (χ1v) is 26.6. The average Bonchev–Trinajstić information content (AvgIpc) is 3.82. The molecule has 27 atom stereocenters. The van der Waals surface area contributed by atoms with Gasteiger partial charge in [0.15, 0.2) is 24.7 Å². The first-order chi connectivity index (χ1) is 33.0. The topological polar surface area (TPSA) is 340 Å². The lowest BCUT2D eigenvalue weighted by Gasteiger charge is -2.70. The molecular formula is C48H78O22S. The van der Waals surface area contributed by atoms with Crippen LogP contribution in [0.15, 0.2) is 12.2 Å². The van der Waals surface area contributed by atoms with E-state index < -0.39 is 162 Å². The minimum atomic E-state index is -4.94. The molecule has 0 amide bonds. The zero-order valence-corrected chi connectivity index (χ0v) is 42.3. The summed E-state index contributed by atoms with van der Waals surface area (Å²) in [4.78, 5) is 0. The number of aliphatic hydroxyl groups is 10. The summed E-state index contributed by atoms with van der Waals surface area (Å²) in [6.45, 7) is 16.4. The molecule has 5 heterocycles. The summed E-state index contributed by atoms with van der Waals surface area (Å²) >= 11 is 0. The van der Waals surface area contributed by atoms with E-state index in [2.05, 4.69) is 34.3 Å². The van der Waals surface area contributed by atoms with Crippen LogP contribution >= 0.6 is 0 Å². The van der Waals surface area contributed by atoms with Crippen LogP contribution in [-0.4, -0.2) is 206 Å². The van der Waals surface area contributed by atoms with Crippen LogP contribution in [0.4, 0.5) is 0 Å². The van der Waals surface area contributed by atoms with Crippen molar-refractivity contribution in [3.05, 3.63) is 12.2 Å². The Hall–Kier alpha value is -1.11. The molecule has 0 radical (unpaired) electrons. The van der Waals surface area contributed by atoms with Crippen LogP contribution in [0.2, 0.25) is 0 Å². The van der Waals surface area contributed by atoms with Crippen molar-refractivity contribution in [2.24, 2.45) is 45.3 Å². The first kappa shape index (κ1) is 54.7. The molecule has 2 spiro atoms. The van der Waals surface area contributed by atoms with Gasteiger partial charge in [0, 0.05) is 24.2 Å². The molecular weight excluding hydrogens is 961 g/mol. The second kappa shape index (κ2) is 18.8. The number of fused-ring (bicyclic) bond motifs is 4. The van der Waals surface area contributed by atoms with Crippen molar-refractivity contribution in [3.63, 3.8) is 0 Å². The van der Waals surface area contributed by atoms with Crippen molar-refractivity contribution < 1.29 is 106 Å². The number of rotatable bonds is 12. The minimum absolute atomic E-state index is 0.0198. The number of hydrogen-bond donors (Lipinski definition) is 11. The van der Waals surface area contributed by atoms with Gasteiger partial charge in [0.2, 0.25) is 0 Å². The molecule has 4 aliphatic carbocycles. The van der Waals surface area contributed by atoms with E-state index in [9.17, 15) is 64.0 Å². The maximum absolute atomic E-state index is 12.6. The third kappa shape index (κ3) is 8.55. The van der Waals surface area contributed by atoms with Gasteiger partial charge in [-0.2, -0.15) is 8.42 Å². The molecule has 11 N–H and O–H groups in total. The van der Waals surface area contributed by atoms with Gasteiger partial charge in [0.1, 0.15) is 73.2 Å². The van der Waals surface area contributed by atoms with Gasteiger partial charge >= 0.3 is 10.4 Å². The van der Waals surface area contributed by atoms with E-state index in [4.69, 9.17) is 42.1 Å². The van der Waals surface area contributed by atoms with Gasteiger partial charge in [-0.05, 0) is 98.9 Å². The maximum Gasteiger partial charge on any atom is 0.397 e. The van der Waals surface area contributed by atoms with Crippen LogP contribution in [0.1, 0.15) is 99.8 Å². The fraction of sp³-hybridized carbons (Fsp3) is 0.958. The molecule has 5 aliphatic heterocycles. The average molecular weight is 1040 g/mol. The van der Waals surface area contributed by atoms with Crippen LogP contribution in [0, 0.1) is 45.3 Å². The summed E-state index contributed by atoms with van der Waals surface area (Å²) in [6, 6.07) is 0. The predicted octanol–water partition coefficient (Wildman–Crippen LogP) is -0.847. The Morgan fingerprint density at radius 3 is 1.99 bits per heavy atom. The molecule has 22 nitrogen and oxygen atoms in total. The molecule has 4 saturated carbocycles. The molecule has 0 aromatic heterocycles. The highest BCUT2D eigenvalue weighted by Gasteiger charge is 2.82. The van der Waals surface area contributed by atoms with Crippen LogP contribution in [0.25, 0.3) is 0 Å². The highest BCUT2D eigenvalue weighted by Crippen LogP contribution is 2.80. The smallest absolute Gasteiger partial charge is 0.394 e. The summed E-state index contributed by atoms with van der Waals surface area (Å²) in [5, 5.41) is 108. The van der Waals surface area contributed by atoms with Crippen molar-refractivity contribution >= 4 is 10.4 Å². The van der Waals surface area contributed by atoms with Crippen molar-refractivity contribution in [1.82, 2.24) is 0 Å². The van der Waals surface area contributed by atoms with Crippen LogP contribution in [-0.2, 0) is 52.5 Å². The largest absolute Gasteiger partial charge is 0.397 e. The van der Waals surface area contributed by atoms with E-state index in [-0.39, 0.29) is 35.0 Å². The highest BCUT2D eigenvalue weighted by molar-refractivity contribution is 7.80. The van der Waals surface area contributed by atoms with Gasteiger partial charge in [-0.1, -0.05) is 34.3 Å². The fourth-order valence-electron chi connectivity index (χ4n) is 16.4. The second-order valence-corrected chi connectivity index (χ2v) is 24.9. The Labute approximate surface area is 414 Å². The van der Waals surface area contributed by atoms with E-state index in [0.717, 1.165) is 19.3 Å². The van der Waals surface area contributed by atoms with Crippen molar-refractivity contribution in [3.8, 4) is 0 Å². The standard InChI is InChI=1S/C48H78O22S/c1-20(2)29(51)23-15-46(8,70-71(59,60)61)39-22-9-10-27-44(6)13-12-28(43(4,5)26(44)11-14-45(27,7)47(22)18-48(39,69-23)62-19-47)66-42-38(68-41-35(57)33(55)31(53)24(16-49)64-41)36(58)37(25(17-50)65-42)67-40-34(56)32(54)30(52)21(3)63-40/h21-42,49-58H,1,9-19H2,2-8H3,(H,59,60,61)/t21-,22+,23?,24+,25+,26-,27+,28-,29+,30-,31+,32+,33-,34+,35+,36-,37+,38+,39-,40-,41-,42-,44-,45+,46-,47-,48?/m0/s1. The molecule has 0 aromatic carbocycles. The second-order valence-electron chi connectivity index (χ2n) is 23.9. The Bertz CT molecular complexity index is 2080. The molecule has 2 unspecified atom stereocenters. The van der Waals surface area contributed by atoms with Gasteiger partial charge in [0.05, 0.1) is 43.7 Å². The summed E-state index contributed by atoms with van der Waals surface area (Å²) in [7, 11) is -4.94. The SMILES string of the molecule is C=C(C)[C@@H](O)C1C[C@](C)(OS(=O)(=O)O)[C@@H]2[C@H]3CC[C@@H]4[C@@]5(C)CC[C@H](O[C@@H]6O[C@H](CO)[C@@H](O[C@@H]7O[C@@H](C)[C@H](O)[C@@H](O)[C@H]7O)[C@H](O)[C@H]6O[C@@H]6O[C@H](CO)[C@@H](O)[C@H](O)[C@H]6O)C(C)(C)[C@@H]5CC[C@@]4(C)[C@@]34COC2(C4)O1. The van der Waals surface area contributed by atoms with Gasteiger partial charge in [-0.3, -0.25) is 4.55 Å². The summed E-state index contributed by atoms with van der Waals surface area (Å²) in [5.74, 6) is -1.79. The van der Waals surface area contributed by atoms with E-state index >= 15 is 0 Å². The van der Waals surface area contributed by atoms with E-state index in [1.54, 1.807) is 13.8 Å². The molecule has 2 bridgehead atoms. The van der Waals surface area contributed by atoms with Gasteiger partial charge < -0.3 is 89.0 Å². The monoisotopic (exact) mass is 1040 g/mol. The van der Waals surface area contributed by atoms with Gasteiger partial charge in [0.25, 0.3) is 0 Å². The van der Waals surface area contributed by atoms with Gasteiger partial charge in [-0.15, -0.1) is 0 Å². The Morgan fingerprint density at radius 2 is 1.35 bits per heavy atom. The molecule has 0 aromatic rings. The molecule has 408 valence electrons. The van der Waals surface area contributed by atoms with E-state index in [0.29, 0.717) is 37.9 Å².